The predicted molar refractivity (Wildman–Crippen MR) is 104 cm³/mol. The van der Waals surface area contributed by atoms with Crippen molar-refractivity contribution in [2.24, 2.45) is 11.3 Å². The van der Waals surface area contributed by atoms with Gasteiger partial charge in [0.05, 0.1) is 17.8 Å². The molecule has 0 aromatic heterocycles. The third-order valence-corrected chi connectivity index (χ3v) is 6.08. The van der Waals surface area contributed by atoms with Gasteiger partial charge in [0.25, 0.3) is 0 Å². The highest BCUT2D eigenvalue weighted by Crippen LogP contribution is 2.49. The standard InChI is InChI=1S/C23H32O3/c1-15(2)26-22(25)18-10-8-17(9-11-18)21(24)19-12-7-16-6-5-13-23(3,4)20(16)14-19/h8-11,15,19,21,24H,5-7,12-14H2,1-4H3. The summed E-state index contributed by atoms with van der Waals surface area (Å²) in [5.41, 5.74) is 4.95. The van der Waals surface area contributed by atoms with Crippen LogP contribution in [0.3, 0.4) is 0 Å². The van der Waals surface area contributed by atoms with Crippen molar-refractivity contribution in [2.45, 2.75) is 78.4 Å². The van der Waals surface area contributed by atoms with Crippen molar-refractivity contribution in [3.8, 4) is 0 Å². The fourth-order valence-corrected chi connectivity index (χ4v) is 4.58. The molecule has 0 spiro atoms. The van der Waals surface area contributed by atoms with Gasteiger partial charge in [0.1, 0.15) is 0 Å². The van der Waals surface area contributed by atoms with Gasteiger partial charge in [0.2, 0.25) is 0 Å². The topological polar surface area (TPSA) is 46.5 Å². The number of allylic oxidation sites excluding steroid dienone is 2. The van der Waals surface area contributed by atoms with Gasteiger partial charge in [0.15, 0.2) is 0 Å². The van der Waals surface area contributed by atoms with Gasteiger partial charge in [-0.25, -0.2) is 4.79 Å². The summed E-state index contributed by atoms with van der Waals surface area (Å²) in [6.07, 6.45) is 6.36. The lowest BCUT2D eigenvalue weighted by Gasteiger charge is -2.41. The molecule has 3 rings (SSSR count). The minimum atomic E-state index is -0.475. The van der Waals surface area contributed by atoms with Gasteiger partial charge in [0, 0.05) is 0 Å². The average molecular weight is 357 g/mol. The van der Waals surface area contributed by atoms with Crippen LogP contribution in [0.25, 0.3) is 0 Å². The van der Waals surface area contributed by atoms with Gasteiger partial charge in [-0.1, -0.05) is 37.1 Å². The lowest BCUT2D eigenvalue weighted by molar-refractivity contribution is 0.0377. The van der Waals surface area contributed by atoms with Crippen LogP contribution < -0.4 is 0 Å². The van der Waals surface area contributed by atoms with Crippen LogP contribution in [0.15, 0.2) is 35.4 Å². The number of hydrogen-bond donors (Lipinski definition) is 1. The first kappa shape index (κ1) is 19.2. The number of aliphatic hydroxyl groups excluding tert-OH is 1. The Kier molecular flexibility index (Phi) is 5.57. The number of hydrogen-bond acceptors (Lipinski definition) is 3. The monoisotopic (exact) mass is 356 g/mol. The van der Waals surface area contributed by atoms with Crippen LogP contribution in [0.5, 0.6) is 0 Å². The third kappa shape index (κ3) is 4.03. The van der Waals surface area contributed by atoms with Crippen molar-refractivity contribution < 1.29 is 14.6 Å². The van der Waals surface area contributed by atoms with Gasteiger partial charge >= 0.3 is 5.97 Å². The summed E-state index contributed by atoms with van der Waals surface area (Å²) in [5, 5.41) is 10.9. The summed E-state index contributed by atoms with van der Waals surface area (Å²) in [6.45, 7) is 8.39. The molecule has 26 heavy (non-hydrogen) atoms. The molecule has 2 aliphatic carbocycles. The van der Waals surface area contributed by atoms with E-state index in [4.69, 9.17) is 4.74 Å². The van der Waals surface area contributed by atoms with Crippen LogP contribution >= 0.6 is 0 Å². The van der Waals surface area contributed by atoms with E-state index < -0.39 is 6.10 Å². The molecule has 0 saturated heterocycles. The van der Waals surface area contributed by atoms with E-state index in [2.05, 4.69) is 13.8 Å². The molecule has 2 aliphatic rings. The molecule has 0 heterocycles. The molecular formula is C23H32O3. The second-order valence-corrected chi connectivity index (χ2v) is 8.84. The van der Waals surface area contributed by atoms with Crippen LogP contribution in [0, 0.1) is 11.3 Å². The third-order valence-electron chi connectivity index (χ3n) is 6.08. The molecule has 0 fully saturated rings. The lowest BCUT2D eigenvalue weighted by Crippen LogP contribution is -2.28. The first-order chi connectivity index (χ1) is 12.3. The fraction of sp³-hybridized carbons (Fsp3) is 0.609. The number of aliphatic hydroxyl groups is 1. The van der Waals surface area contributed by atoms with Crippen molar-refractivity contribution in [3.63, 3.8) is 0 Å². The molecule has 2 atom stereocenters. The molecule has 142 valence electrons. The van der Waals surface area contributed by atoms with Crippen LogP contribution in [-0.2, 0) is 4.74 Å². The Morgan fingerprint density at radius 2 is 1.88 bits per heavy atom. The Labute approximate surface area is 157 Å². The van der Waals surface area contributed by atoms with Gasteiger partial charge < -0.3 is 9.84 Å². The molecule has 1 N–H and O–H groups in total. The van der Waals surface area contributed by atoms with E-state index in [1.54, 1.807) is 23.3 Å². The molecule has 0 saturated carbocycles. The Bertz CT molecular complexity index is 682. The average Bonchev–Trinajstić information content (AvgIpc) is 2.60. The molecule has 2 unspecified atom stereocenters. The summed E-state index contributed by atoms with van der Waals surface area (Å²) >= 11 is 0. The summed E-state index contributed by atoms with van der Waals surface area (Å²) < 4.78 is 5.23. The Balaban J connectivity index is 1.71. The minimum Gasteiger partial charge on any atom is -0.459 e. The molecule has 0 bridgehead atoms. The van der Waals surface area contributed by atoms with Gasteiger partial charge in [-0.3, -0.25) is 0 Å². The summed E-state index contributed by atoms with van der Waals surface area (Å²) in [5.74, 6) is -0.0444. The maximum atomic E-state index is 12.0. The van der Waals surface area contributed by atoms with Gasteiger partial charge in [-0.15, -0.1) is 0 Å². The molecule has 3 nitrogen and oxygen atoms in total. The zero-order valence-electron chi connectivity index (χ0n) is 16.5. The Hall–Kier alpha value is -1.61. The van der Waals surface area contributed by atoms with Crippen molar-refractivity contribution >= 4 is 5.97 Å². The zero-order valence-corrected chi connectivity index (χ0v) is 16.5. The number of rotatable bonds is 4. The van der Waals surface area contributed by atoms with Crippen LogP contribution in [0.1, 0.15) is 88.2 Å². The quantitative estimate of drug-likeness (QED) is 0.565. The Morgan fingerprint density at radius 1 is 1.19 bits per heavy atom. The molecule has 0 radical (unpaired) electrons. The normalized spacial score (nSPS) is 23.5. The van der Waals surface area contributed by atoms with Crippen LogP contribution in [0.2, 0.25) is 0 Å². The molecule has 3 heteroatoms. The van der Waals surface area contributed by atoms with Crippen molar-refractivity contribution in [2.75, 3.05) is 0 Å². The van der Waals surface area contributed by atoms with E-state index in [0.717, 1.165) is 24.8 Å². The van der Waals surface area contributed by atoms with E-state index in [-0.39, 0.29) is 23.4 Å². The highest BCUT2D eigenvalue weighted by Gasteiger charge is 2.36. The summed E-state index contributed by atoms with van der Waals surface area (Å²) in [4.78, 5) is 12.0. The van der Waals surface area contributed by atoms with Crippen molar-refractivity contribution in [1.29, 1.82) is 0 Å². The van der Waals surface area contributed by atoms with E-state index in [1.807, 2.05) is 26.0 Å². The van der Waals surface area contributed by atoms with Crippen LogP contribution in [-0.4, -0.2) is 17.2 Å². The summed E-state index contributed by atoms with van der Waals surface area (Å²) in [6, 6.07) is 7.28. The van der Waals surface area contributed by atoms with Crippen LogP contribution in [0.4, 0.5) is 0 Å². The molecular weight excluding hydrogens is 324 g/mol. The molecule has 0 amide bonds. The first-order valence-electron chi connectivity index (χ1n) is 9.98. The predicted octanol–water partition coefficient (Wildman–Crippen LogP) is 5.59. The van der Waals surface area contributed by atoms with Gasteiger partial charge in [-0.05, 0) is 81.4 Å². The largest absolute Gasteiger partial charge is 0.459 e. The van der Waals surface area contributed by atoms with E-state index in [9.17, 15) is 9.90 Å². The second-order valence-electron chi connectivity index (χ2n) is 8.84. The van der Waals surface area contributed by atoms with Crippen molar-refractivity contribution in [1.82, 2.24) is 0 Å². The minimum absolute atomic E-state index is 0.128. The number of benzene rings is 1. The number of carbonyl (C=O) groups excluding carboxylic acids is 1. The molecule has 1 aromatic carbocycles. The highest BCUT2D eigenvalue weighted by molar-refractivity contribution is 5.89. The molecule has 0 aliphatic heterocycles. The smallest absolute Gasteiger partial charge is 0.338 e. The molecule has 1 aromatic rings. The SMILES string of the molecule is CC(C)OC(=O)c1ccc(C(O)C2CCC3=C(C2)C(C)(C)CCC3)cc1. The Morgan fingerprint density at radius 3 is 2.54 bits per heavy atom. The van der Waals surface area contributed by atoms with E-state index in [1.165, 1.54) is 19.3 Å². The zero-order chi connectivity index (χ0) is 18.9. The summed E-state index contributed by atoms with van der Waals surface area (Å²) in [7, 11) is 0. The maximum Gasteiger partial charge on any atom is 0.338 e. The first-order valence-corrected chi connectivity index (χ1v) is 9.98. The lowest BCUT2D eigenvalue weighted by atomic mass is 9.64. The van der Waals surface area contributed by atoms with Gasteiger partial charge in [-0.2, -0.15) is 0 Å². The van der Waals surface area contributed by atoms with E-state index in [0.29, 0.717) is 5.56 Å². The number of carbonyl (C=O) groups is 1. The second kappa shape index (κ2) is 7.56. The number of esters is 1. The van der Waals surface area contributed by atoms with Crippen molar-refractivity contribution in [3.05, 3.63) is 46.5 Å². The maximum absolute atomic E-state index is 12.0. The number of ether oxygens (including phenoxy) is 1. The van der Waals surface area contributed by atoms with E-state index >= 15 is 0 Å². The fourth-order valence-electron chi connectivity index (χ4n) is 4.58. The highest BCUT2D eigenvalue weighted by atomic mass is 16.5.